The second-order valence-electron chi connectivity index (χ2n) is 6.70. The van der Waals surface area contributed by atoms with Crippen LogP contribution in [0.25, 0.3) is 0 Å². The molecule has 0 heterocycles. The van der Waals surface area contributed by atoms with Crippen LogP contribution in [0.15, 0.2) is 12.7 Å². The van der Waals surface area contributed by atoms with Crippen molar-refractivity contribution in [2.75, 3.05) is 19.8 Å². The van der Waals surface area contributed by atoms with Crippen LogP contribution in [0.2, 0.25) is 0 Å². The quantitative estimate of drug-likeness (QED) is 0.419. The Morgan fingerprint density at radius 1 is 1.26 bits per heavy atom. The lowest BCUT2D eigenvalue weighted by atomic mass is 9.76. The maximum Gasteiger partial charge on any atom is 0.311 e. The summed E-state index contributed by atoms with van der Waals surface area (Å²) in [5.74, 6) is -0.287. The van der Waals surface area contributed by atoms with Crippen LogP contribution in [0, 0.1) is 10.8 Å². The molecule has 19 heavy (non-hydrogen) atoms. The molecule has 0 saturated heterocycles. The van der Waals surface area contributed by atoms with E-state index >= 15 is 0 Å². The van der Waals surface area contributed by atoms with E-state index < -0.39 is 11.5 Å². The van der Waals surface area contributed by atoms with Crippen molar-refractivity contribution < 1.29 is 19.4 Å². The van der Waals surface area contributed by atoms with E-state index in [4.69, 9.17) is 9.47 Å². The number of ether oxygens (including phenoxy) is 2. The van der Waals surface area contributed by atoms with Gasteiger partial charge in [0.05, 0.1) is 18.6 Å². The van der Waals surface area contributed by atoms with Gasteiger partial charge >= 0.3 is 5.97 Å². The summed E-state index contributed by atoms with van der Waals surface area (Å²) in [6.07, 6.45) is 1.53. The maximum atomic E-state index is 12.0. The Morgan fingerprint density at radius 3 is 2.32 bits per heavy atom. The van der Waals surface area contributed by atoms with Crippen LogP contribution >= 0.6 is 0 Å². The molecule has 4 nitrogen and oxygen atoms in total. The monoisotopic (exact) mass is 272 g/mol. The second kappa shape index (κ2) is 7.65. The third-order valence-electron chi connectivity index (χ3n) is 2.48. The molecule has 1 atom stereocenters. The third-order valence-corrected chi connectivity index (χ3v) is 2.48. The Kier molecular flexibility index (Phi) is 7.30. The van der Waals surface area contributed by atoms with Gasteiger partial charge in [0.15, 0.2) is 0 Å². The molecule has 0 aromatic rings. The molecule has 1 N–H and O–H groups in total. The van der Waals surface area contributed by atoms with E-state index in [0.29, 0.717) is 6.61 Å². The molecule has 4 heteroatoms. The van der Waals surface area contributed by atoms with Gasteiger partial charge in [0.1, 0.15) is 12.7 Å². The highest BCUT2D eigenvalue weighted by molar-refractivity contribution is 5.75. The molecule has 112 valence electrons. The number of hydrogen-bond acceptors (Lipinski definition) is 4. The zero-order valence-electron chi connectivity index (χ0n) is 12.9. The van der Waals surface area contributed by atoms with Crippen LogP contribution in [0.5, 0.6) is 0 Å². The summed E-state index contributed by atoms with van der Waals surface area (Å²) in [5.41, 5.74) is -0.506. The van der Waals surface area contributed by atoms with Crippen LogP contribution < -0.4 is 0 Å². The van der Waals surface area contributed by atoms with Gasteiger partial charge in [-0.15, -0.1) is 6.58 Å². The number of carbonyl (C=O) groups excluding carboxylic acids is 1. The van der Waals surface area contributed by atoms with Gasteiger partial charge in [0.25, 0.3) is 0 Å². The minimum Gasteiger partial charge on any atom is -0.462 e. The Hall–Kier alpha value is -0.870. The normalized spacial score (nSPS) is 14.0. The summed E-state index contributed by atoms with van der Waals surface area (Å²) >= 11 is 0. The van der Waals surface area contributed by atoms with Crippen molar-refractivity contribution in [2.24, 2.45) is 10.8 Å². The number of carbonyl (C=O) groups is 1. The number of hydrogen-bond donors (Lipinski definition) is 1. The molecule has 0 aromatic carbocycles. The minimum atomic E-state index is -0.797. The Morgan fingerprint density at radius 2 is 1.84 bits per heavy atom. The summed E-state index contributed by atoms with van der Waals surface area (Å²) in [4.78, 5) is 12.0. The predicted molar refractivity (Wildman–Crippen MR) is 75.8 cm³/mol. The smallest absolute Gasteiger partial charge is 0.311 e. The van der Waals surface area contributed by atoms with Gasteiger partial charge in [-0.25, -0.2) is 0 Å². The largest absolute Gasteiger partial charge is 0.462 e. The molecular formula is C15H28O4. The zero-order valence-corrected chi connectivity index (χ0v) is 12.9. The summed E-state index contributed by atoms with van der Waals surface area (Å²) < 4.78 is 10.2. The average Bonchev–Trinajstić information content (AvgIpc) is 2.22. The second-order valence-corrected chi connectivity index (χ2v) is 6.70. The fraction of sp³-hybridized carbons (Fsp3) is 0.800. The molecule has 0 spiro atoms. The summed E-state index contributed by atoms with van der Waals surface area (Å²) in [6, 6.07) is 0. The van der Waals surface area contributed by atoms with Crippen molar-refractivity contribution in [1.29, 1.82) is 0 Å². The molecule has 0 amide bonds. The Labute approximate surface area is 116 Å². The van der Waals surface area contributed by atoms with E-state index in [-0.39, 0.29) is 24.6 Å². The van der Waals surface area contributed by atoms with Gasteiger partial charge in [-0.3, -0.25) is 4.79 Å². The van der Waals surface area contributed by atoms with Crippen LogP contribution in [-0.2, 0) is 14.3 Å². The average molecular weight is 272 g/mol. The van der Waals surface area contributed by atoms with Crippen LogP contribution in [0.4, 0.5) is 0 Å². The highest BCUT2D eigenvalue weighted by Gasteiger charge is 2.34. The zero-order chi connectivity index (χ0) is 15.1. The number of aliphatic hydroxyl groups excluding tert-OH is 1. The van der Waals surface area contributed by atoms with Gasteiger partial charge < -0.3 is 14.6 Å². The highest BCUT2D eigenvalue weighted by atomic mass is 16.5. The van der Waals surface area contributed by atoms with Crippen molar-refractivity contribution in [3.63, 3.8) is 0 Å². The molecule has 0 radical (unpaired) electrons. The maximum absolute atomic E-state index is 12.0. The Balaban J connectivity index is 4.12. The first kappa shape index (κ1) is 18.1. The van der Waals surface area contributed by atoms with Crippen molar-refractivity contribution in [3.8, 4) is 0 Å². The molecule has 0 aliphatic rings. The van der Waals surface area contributed by atoms with Crippen LogP contribution in [-0.4, -0.2) is 37.0 Å². The molecule has 0 bridgehead atoms. The molecule has 0 saturated carbocycles. The number of aliphatic hydroxyl groups is 1. The SMILES string of the molecule is C=CCOCC(O)COC(=O)C(C)(C)CC(C)(C)C. The Bertz CT molecular complexity index is 289. The van der Waals surface area contributed by atoms with E-state index in [9.17, 15) is 9.90 Å². The molecule has 0 aliphatic carbocycles. The highest BCUT2D eigenvalue weighted by Crippen LogP contribution is 2.34. The summed E-state index contributed by atoms with van der Waals surface area (Å²) in [6.45, 7) is 14.0. The lowest BCUT2D eigenvalue weighted by Gasteiger charge is -2.30. The van der Waals surface area contributed by atoms with Gasteiger partial charge in [-0.1, -0.05) is 26.8 Å². The fourth-order valence-corrected chi connectivity index (χ4v) is 2.10. The van der Waals surface area contributed by atoms with Crippen LogP contribution in [0.3, 0.4) is 0 Å². The van der Waals surface area contributed by atoms with Crippen molar-refractivity contribution in [3.05, 3.63) is 12.7 Å². The summed E-state index contributed by atoms with van der Waals surface area (Å²) in [5, 5.41) is 9.59. The van der Waals surface area contributed by atoms with Gasteiger partial charge in [0.2, 0.25) is 0 Å². The summed E-state index contributed by atoms with van der Waals surface area (Å²) in [7, 11) is 0. The lowest BCUT2D eigenvalue weighted by molar-refractivity contribution is -0.159. The van der Waals surface area contributed by atoms with Gasteiger partial charge in [-0.05, 0) is 25.7 Å². The topological polar surface area (TPSA) is 55.8 Å². The molecule has 0 fully saturated rings. The first-order valence-electron chi connectivity index (χ1n) is 6.62. The minimum absolute atomic E-state index is 0.0381. The van der Waals surface area contributed by atoms with Crippen molar-refractivity contribution >= 4 is 5.97 Å². The predicted octanol–water partition coefficient (Wildman–Crippen LogP) is 2.56. The fourth-order valence-electron chi connectivity index (χ4n) is 2.10. The number of esters is 1. The first-order valence-corrected chi connectivity index (χ1v) is 6.62. The van der Waals surface area contributed by atoms with E-state index in [1.807, 2.05) is 13.8 Å². The van der Waals surface area contributed by atoms with E-state index in [0.717, 1.165) is 6.42 Å². The van der Waals surface area contributed by atoms with E-state index in [1.165, 1.54) is 0 Å². The molecule has 0 rings (SSSR count). The third kappa shape index (κ3) is 8.78. The van der Waals surface area contributed by atoms with Gasteiger partial charge in [-0.2, -0.15) is 0 Å². The lowest BCUT2D eigenvalue weighted by Crippen LogP contribution is -2.34. The van der Waals surface area contributed by atoms with E-state index in [1.54, 1.807) is 6.08 Å². The van der Waals surface area contributed by atoms with E-state index in [2.05, 4.69) is 27.4 Å². The van der Waals surface area contributed by atoms with Crippen LogP contribution in [0.1, 0.15) is 41.0 Å². The molecule has 0 aliphatic heterocycles. The molecule has 0 aromatic heterocycles. The standard InChI is InChI=1S/C15H28O4/c1-7-8-18-9-12(16)10-19-13(17)15(5,6)11-14(2,3)4/h7,12,16H,1,8-11H2,2-6H3. The molecule has 1 unspecified atom stereocenters. The van der Waals surface area contributed by atoms with Gasteiger partial charge in [0, 0.05) is 0 Å². The van der Waals surface area contributed by atoms with Crippen molar-refractivity contribution in [1.82, 2.24) is 0 Å². The molecular weight excluding hydrogens is 244 g/mol. The number of rotatable bonds is 8. The first-order chi connectivity index (χ1) is 8.58. The van der Waals surface area contributed by atoms with Crippen molar-refractivity contribution in [2.45, 2.75) is 47.1 Å².